The molecule has 21 heavy (non-hydrogen) atoms. The Balaban J connectivity index is 0.00000220. The highest BCUT2D eigenvalue weighted by atomic mass is 79.9. The van der Waals surface area contributed by atoms with Crippen LogP contribution in [0.25, 0.3) is 0 Å². The van der Waals surface area contributed by atoms with Gasteiger partial charge in [0.05, 0.1) is 0 Å². The summed E-state index contributed by atoms with van der Waals surface area (Å²) in [6, 6.07) is 10.6. The number of hydrogen-bond acceptors (Lipinski definition) is 4. The third-order valence-corrected chi connectivity index (χ3v) is 4.38. The summed E-state index contributed by atoms with van der Waals surface area (Å²) in [5.74, 6) is 1.01. The number of nitrogens with zero attached hydrogens (tertiary/aromatic N) is 2. The van der Waals surface area contributed by atoms with Crippen LogP contribution in [0.1, 0.15) is 25.7 Å². The van der Waals surface area contributed by atoms with Crippen molar-refractivity contribution < 1.29 is 0 Å². The molecule has 0 spiro atoms. The van der Waals surface area contributed by atoms with Crippen LogP contribution in [0.15, 0.2) is 47.1 Å². The van der Waals surface area contributed by atoms with Gasteiger partial charge in [0, 0.05) is 31.2 Å². The SMILES string of the molecule is Br.CN(CCCCCC1=CN=C(N)SC1)c1ccccc1. The second kappa shape index (κ2) is 9.90. The monoisotopic (exact) mass is 369 g/mol. The van der Waals surface area contributed by atoms with Gasteiger partial charge < -0.3 is 10.6 Å². The van der Waals surface area contributed by atoms with Gasteiger partial charge in [-0.1, -0.05) is 36.4 Å². The molecular formula is C16H24BrN3S. The average Bonchev–Trinajstić information content (AvgIpc) is 2.49. The van der Waals surface area contributed by atoms with E-state index in [-0.39, 0.29) is 17.0 Å². The molecule has 1 aromatic rings. The first-order valence-corrected chi connectivity index (χ1v) is 8.14. The summed E-state index contributed by atoms with van der Waals surface area (Å²) < 4.78 is 0. The largest absolute Gasteiger partial charge is 0.378 e. The maximum Gasteiger partial charge on any atom is 0.158 e. The summed E-state index contributed by atoms with van der Waals surface area (Å²) in [7, 11) is 2.16. The predicted molar refractivity (Wildman–Crippen MR) is 101 cm³/mol. The Morgan fingerprint density at radius 3 is 2.62 bits per heavy atom. The molecule has 0 bridgehead atoms. The molecule has 1 aromatic carbocycles. The fourth-order valence-electron chi connectivity index (χ4n) is 2.22. The minimum Gasteiger partial charge on any atom is -0.378 e. The zero-order chi connectivity index (χ0) is 14.2. The number of rotatable bonds is 7. The lowest BCUT2D eigenvalue weighted by molar-refractivity contribution is 0.669. The molecule has 0 amide bonds. The molecule has 0 unspecified atom stereocenters. The molecule has 0 saturated heterocycles. The molecule has 0 aliphatic carbocycles. The van der Waals surface area contributed by atoms with Gasteiger partial charge in [-0.15, -0.1) is 17.0 Å². The molecule has 0 aromatic heterocycles. The molecule has 0 atom stereocenters. The minimum atomic E-state index is 0. The van der Waals surface area contributed by atoms with Crippen LogP contribution in [-0.4, -0.2) is 24.5 Å². The van der Waals surface area contributed by atoms with Crippen molar-refractivity contribution in [1.82, 2.24) is 0 Å². The van der Waals surface area contributed by atoms with Crippen LogP contribution in [-0.2, 0) is 0 Å². The van der Waals surface area contributed by atoms with Crippen molar-refractivity contribution in [2.45, 2.75) is 25.7 Å². The van der Waals surface area contributed by atoms with E-state index in [1.165, 1.54) is 30.5 Å². The Labute approximate surface area is 142 Å². The third-order valence-electron chi connectivity index (χ3n) is 3.47. The summed E-state index contributed by atoms with van der Waals surface area (Å²) in [5.41, 5.74) is 8.34. The lowest BCUT2D eigenvalue weighted by Gasteiger charge is -2.19. The van der Waals surface area contributed by atoms with Gasteiger partial charge in [-0.05, 0) is 37.0 Å². The number of amidine groups is 1. The van der Waals surface area contributed by atoms with Crippen LogP contribution in [0.4, 0.5) is 5.69 Å². The summed E-state index contributed by atoms with van der Waals surface area (Å²) in [5, 5.41) is 0.693. The van der Waals surface area contributed by atoms with Crippen molar-refractivity contribution in [2.75, 3.05) is 24.2 Å². The molecule has 5 heteroatoms. The third kappa shape index (κ3) is 6.57. The zero-order valence-corrected chi connectivity index (χ0v) is 15.0. The highest BCUT2D eigenvalue weighted by molar-refractivity contribution is 8.93. The first-order chi connectivity index (χ1) is 9.75. The Morgan fingerprint density at radius 2 is 1.95 bits per heavy atom. The first-order valence-electron chi connectivity index (χ1n) is 7.16. The van der Waals surface area contributed by atoms with Gasteiger partial charge in [0.15, 0.2) is 5.17 Å². The van der Waals surface area contributed by atoms with Crippen LogP contribution < -0.4 is 10.6 Å². The van der Waals surface area contributed by atoms with Gasteiger partial charge in [0.1, 0.15) is 0 Å². The van der Waals surface area contributed by atoms with Crippen molar-refractivity contribution in [3.05, 3.63) is 42.1 Å². The van der Waals surface area contributed by atoms with Gasteiger partial charge in [-0.3, -0.25) is 0 Å². The average molecular weight is 370 g/mol. The predicted octanol–water partition coefficient (Wildman–Crippen LogP) is 4.21. The van der Waals surface area contributed by atoms with Crippen molar-refractivity contribution in [3.8, 4) is 0 Å². The van der Waals surface area contributed by atoms with Crippen molar-refractivity contribution in [1.29, 1.82) is 0 Å². The maximum absolute atomic E-state index is 5.62. The van der Waals surface area contributed by atoms with Crippen molar-refractivity contribution in [2.24, 2.45) is 10.7 Å². The normalized spacial score (nSPS) is 14.0. The Morgan fingerprint density at radius 1 is 1.19 bits per heavy atom. The van der Waals surface area contributed by atoms with E-state index in [0.717, 1.165) is 18.7 Å². The number of aliphatic imine (C=N–C) groups is 1. The van der Waals surface area contributed by atoms with Gasteiger partial charge in [0.2, 0.25) is 0 Å². The number of hydrogen-bond donors (Lipinski definition) is 1. The van der Waals surface area contributed by atoms with Crippen molar-refractivity contribution >= 4 is 39.6 Å². The van der Waals surface area contributed by atoms with E-state index < -0.39 is 0 Å². The molecule has 1 aliphatic rings. The van der Waals surface area contributed by atoms with Crippen LogP contribution in [0.5, 0.6) is 0 Å². The summed E-state index contributed by atoms with van der Waals surface area (Å²) in [4.78, 5) is 6.49. The fraction of sp³-hybridized carbons (Fsp3) is 0.438. The quantitative estimate of drug-likeness (QED) is 0.731. The number of halogens is 1. The Bertz CT molecular complexity index is 474. The van der Waals surface area contributed by atoms with E-state index in [4.69, 9.17) is 5.73 Å². The standard InChI is InChI=1S/C16H23N3S.BrH/c1-19(15-9-5-2-6-10-15)11-7-3-4-8-14-12-18-16(17)20-13-14;/h2,5-6,9-10,12H,3-4,7-8,11,13H2,1H3,(H2,17,18);1H. The number of thioether (sulfide) groups is 1. The molecule has 2 rings (SSSR count). The van der Waals surface area contributed by atoms with E-state index in [9.17, 15) is 0 Å². The number of unbranched alkanes of at least 4 members (excludes halogenated alkanes) is 2. The summed E-state index contributed by atoms with van der Waals surface area (Å²) >= 11 is 1.64. The summed E-state index contributed by atoms with van der Waals surface area (Å²) in [6.45, 7) is 1.11. The van der Waals surface area contributed by atoms with Gasteiger partial charge in [-0.2, -0.15) is 0 Å². The van der Waals surface area contributed by atoms with E-state index in [1.54, 1.807) is 11.8 Å². The first kappa shape index (κ1) is 18.1. The summed E-state index contributed by atoms with van der Waals surface area (Å²) in [6.07, 6.45) is 6.83. The zero-order valence-electron chi connectivity index (χ0n) is 12.5. The number of para-hydroxylation sites is 1. The molecule has 0 fully saturated rings. The van der Waals surface area contributed by atoms with Crippen LogP contribution in [0.2, 0.25) is 0 Å². The maximum atomic E-state index is 5.62. The molecule has 0 radical (unpaired) electrons. The van der Waals surface area contributed by atoms with E-state index in [1.807, 2.05) is 6.20 Å². The number of benzene rings is 1. The lowest BCUT2D eigenvalue weighted by atomic mass is 10.1. The highest BCUT2D eigenvalue weighted by Crippen LogP contribution is 2.19. The molecule has 2 N–H and O–H groups in total. The van der Waals surface area contributed by atoms with E-state index in [2.05, 4.69) is 47.3 Å². The van der Waals surface area contributed by atoms with Gasteiger partial charge >= 0.3 is 0 Å². The fourth-order valence-corrected chi connectivity index (χ4v) is 2.90. The lowest BCUT2D eigenvalue weighted by Crippen LogP contribution is -2.18. The van der Waals surface area contributed by atoms with Crippen LogP contribution in [0.3, 0.4) is 0 Å². The molecular weight excluding hydrogens is 346 g/mol. The van der Waals surface area contributed by atoms with E-state index in [0.29, 0.717) is 5.17 Å². The van der Waals surface area contributed by atoms with Gasteiger partial charge in [-0.25, -0.2) is 4.99 Å². The van der Waals surface area contributed by atoms with Gasteiger partial charge in [0.25, 0.3) is 0 Å². The number of nitrogens with two attached hydrogens (primary N) is 1. The molecule has 0 saturated carbocycles. The Kier molecular flexibility index (Phi) is 8.54. The van der Waals surface area contributed by atoms with Crippen LogP contribution >= 0.6 is 28.7 Å². The topological polar surface area (TPSA) is 41.6 Å². The highest BCUT2D eigenvalue weighted by Gasteiger charge is 2.05. The Hall–Kier alpha value is -0.940. The van der Waals surface area contributed by atoms with Crippen LogP contribution in [0, 0.1) is 0 Å². The molecule has 116 valence electrons. The van der Waals surface area contributed by atoms with E-state index >= 15 is 0 Å². The minimum absolute atomic E-state index is 0. The number of anilines is 1. The second-order valence-electron chi connectivity index (χ2n) is 5.11. The second-order valence-corrected chi connectivity index (χ2v) is 6.11. The molecule has 3 nitrogen and oxygen atoms in total. The van der Waals surface area contributed by atoms with Crippen molar-refractivity contribution in [3.63, 3.8) is 0 Å². The molecule has 1 aliphatic heterocycles. The smallest absolute Gasteiger partial charge is 0.158 e. The molecule has 1 heterocycles.